The third-order valence-corrected chi connectivity index (χ3v) is 3.74. The van der Waals surface area contributed by atoms with Crippen LogP contribution in [0.2, 0.25) is 0 Å². The lowest BCUT2D eigenvalue weighted by Crippen LogP contribution is -2.21. The summed E-state index contributed by atoms with van der Waals surface area (Å²) >= 11 is 1.38. The summed E-state index contributed by atoms with van der Waals surface area (Å²) in [7, 11) is 0. The van der Waals surface area contributed by atoms with E-state index in [1.807, 2.05) is 13.8 Å². The van der Waals surface area contributed by atoms with E-state index >= 15 is 0 Å². The molecule has 0 radical (unpaired) electrons. The SMILES string of the molecule is Cc1cccc(-c2nnc(CNC(C)C)s2)c1[N+](=O)[O-]. The Morgan fingerprint density at radius 3 is 2.80 bits per heavy atom. The van der Waals surface area contributed by atoms with Crippen LogP contribution in [0.25, 0.3) is 10.6 Å². The molecule has 1 aromatic carbocycles. The number of aryl methyl sites for hydroxylation is 1. The predicted molar refractivity (Wildman–Crippen MR) is 78.7 cm³/mol. The fraction of sp³-hybridized carbons (Fsp3) is 0.385. The van der Waals surface area contributed by atoms with Crippen molar-refractivity contribution in [2.75, 3.05) is 0 Å². The van der Waals surface area contributed by atoms with E-state index in [1.165, 1.54) is 11.3 Å². The number of nitro groups is 1. The highest BCUT2D eigenvalue weighted by Crippen LogP contribution is 2.34. The van der Waals surface area contributed by atoms with Crippen molar-refractivity contribution in [2.24, 2.45) is 0 Å². The highest BCUT2D eigenvalue weighted by atomic mass is 32.1. The van der Waals surface area contributed by atoms with Crippen molar-refractivity contribution in [1.82, 2.24) is 15.5 Å². The largest absolute Gasteiger partial charge is 0.308 e. The molecule has 20 heavy (non-hydrogen) atoms. The summed E-state index contributed by atoms with van der Waals surface area (Å²) in [4.78, 5) is 10.8. The number of hydrogen-bond acceptors (Lipinski definition) is 6. The van der Waals surface area contributed by atoms with E-state index in [1.54, 1.807) is 25.1 Å². The maximum atomic E-state index is 11.2. The van der Waals surface area contributed by atoms with Gasteiger partial charge in [0.05, 0.1) is 10.5 Å². The Kier molecular flexibility index (Phi) is 4.41. The standard InChI is InChI=1S/C13H16N4O2S/c1-8(2)14-7-11-15-16-13(20-11)10-6-4-5-9(3)12(10)17(18)19/h4-6,8,14H,7H2,1-3H3. The van der Waals surface area contributed by atoms with Crippen molar-refractivity contribution < 1.29 is 4.92 Å². The minimum atomic E-state index is -0.363. The van der Waals surface area contributed by atoms with Crippen molar-refractivity contribution in [3.8, 4) is 10.6 Å². The smallest absolute Gasteiger partial charge is 0.282 e. The molecule has 0 saturated carbocycles. The van der Waals surface area contributed by atoms with Gasteiger partial charge in [-0.2, -0.15) is 0 Å². The first-order chi connectivity index (χ1) is 9.49. The number of hydrogen-bond donors (Lipinski definition) is 1. The zero-order chi connectivity index (χ0) is 14.7. The molecule has 0 aliphatic carbocycles. The van der Waals surface area contributed by atoms with E-state index in [4.69, 9.17) is 0 Å². The van der Waals surface area contributed by atoms with Crippen LogP contribution in [0, 0.1) is 17.0 Å². The summed E-state index contributed by atoms with van der Waals surface area (Å²) in [5, 5.41) is 24.0. The monoisotopic (exact) mass is 292 g/mol. The molecule has 1 heterocycles. The van der Waals surface area contributed by atoms with Gasteiger partial charge >= 0.3 is 0 Å². The zero-order valence-corrected chi connectivity index (χ0v) is 12.4. The van der Waals surface area contributed by atoms with Crippen molar-refractivity contribution in [3.63, 3.8) is 0 Å². The van der Waals surface area contributed by atoms with Crippen molar-refractivity contribution in [1.29, 1.82) is 0 Å². The molecule has 0 unspecified atom stereocenters. The van der Waals surface area contributed by atoms with Crippen LogP contribution in [0.1, 0.15) is 24.4 Å². The Morgan fingerprint density at radius 2 is 2.15 bits per heavy atom. The fourth-order valence-corrected chi connectivity index (χ4v) is 2.62. The van der Waals surface area contributed by atoms with Crippen LogP contribution in [-0.4, -0.2) is 21.2 Å². The summed E-state index contributed by atoms with van der Waals surface area (Å²) in [5.41, 5.74) is 1.26. The Balaban J connectivity index is 2.33. The van der Waals surface area contributed by atoms with Gasteiger partial charge in [-0.05, 0) is 13.0 Å². The van der Waals surface area contributed by atoms with Crippen LogP contribution in [-0.2, 0) is 6.54 Å². The highest BCUT2D eigenvalue weighted by molar-refractivity contribution is 7.14. The number of aromatic nitrogens is 2. The van der Waals surface area contributed by atoms with Crippen LogP contribution in [0.15, 0.2) is 18.2 Å². The van der Waals surface area contributed by atoms with Gasteiger partial charge in [-0.3, -0.25) is 10.1 Å². The van der Waals surface area contributed by atoms with E-state index in [0.29, 0.717) is 28.7 Å². The number of rotatable bonds is 5. The molecule has 1 aromatic heterocycles. The molecule has 1 N–H and O–H groups in total. The van der Waals surface area contributed by atoms with E-state index in [2.05, 4.69) is 15.5 Å². The molecule has 0 aliphatic heterocycles. The Bertz CT molecular complexity index is 625. The van der Waals surface area contributed by atoms with Gasteiger partial charge in [-0.1, -0.05) is 37.3 Å². The van der Waals surface area contributed by atoms with E-state index in [0.717, 1.165) is 5.01 Å². The van der Waals surface area contributed by atoms with Crippen molar-refractivity contribution >= 4 is 17.0 Å². The number of nitrogens with one attached hydrogen (secondary N) is 1. The topological polar surface area (TPSA) is 81.0 Å². The second-order valence-corrected chi connectivity index (χ2v) is 5.83. The average Bonchev–Trinajstić information content (AvgIpc) is 2.84. The van der Waals surface area contributed by atoms with Crippen LogP contribution in [0.3, 0.4) is 0 Å². The molecule has 0 saturated heterocycles. The summed E-state index contributed by atoms with van der Waals surface area (Å²) in [6.07, 6.45) is 0. The second kappa shape index (κ2) is 6.06. The fourth-order valence-electron chi connectivity index (χ4n) is 1.80. The van der Waals surface area contributed by atoms with Crippen molar-refractivity contribution in [3.05, 3.63) is 38.9 Å². The van der Waals surface area contributed by atoms with Gasteiger partial charge in [-0.25, -0.2) is 0 Å². The molecule has 0 atom stereocenters. The molecule has 0 bridgehead atoms. The Hall–Kier alpha value is -1.86. The molecule has 0 amide bonds. The molecule has 2 rings (SSSR count). The minimum absolute atomic E-state index is 0.104. The van der Waals surface area contributed by atoms with Crippen LogP contribution in [0.4, 0.5) is 5.69 Å². The van der Waals surface area contributed by atoms with Crippen LogP contribution >= 0.6 is 11.3 Å². The van der Waals surface area contributed by atoms with E-state index in [9.17, 15) is 10.1 Å². The lowest BCUT2D eigenvalue weighted by Gasteiger charge is -2.04. The van der Waals surface area contributed by atoms with E-state index in [-0.39, 0.29) is 10.6 Å². The minimum Gasteiger partial charge on any atom is -0.308 e. The molecular formula is C13H16N4O2S. The third kappa shape index (κ3) is 3.17. The maximum Gasteiger partial charge on any atom is 0.282 e. The predicted octanol–water partition coefficient (Wildman–Crippen LogP) is 2.92. The second-order valence-electron chi connectivity index (χ2n) is 4.76. The van der Waals surface area contributed by atoms with Gasteiger partial charge in [0.1, 0.15) is 5.01 Å². The summed E-state index contributed by atoms with van der Waals surface area (Å²) in [5.74, 6) is 0. The Labute approximate surface area is 121 Å². The summed E-state index contributed by atoms with van der Waals surface area (Å²) < 4.78 is 0. The van der Waals surface area contributed by atoms with Gasteiger partial charge in [0.25, 0.3) is 5.69 Å². The van der Waals surface area contributed by atoms with Gasteiger partial charge < -0.3 is 5.32 Å². The summed E-state index contributed by atoms with van der Waals surface area (Å²) in [6.45, 7) is 6.44. The third-order valence-electron chi connectivity index (χ3n) is 2.78. The molecule has 0 spiro atoms. The van der Waals surface area contributed by atoms with Gasteiger partial charge in [0.2, 0.25) is 0 Å². The first-order valence-electron chi connectivity index (χ1n) is 6.29. The van der Waals surface area contributed by atoms with Gasteiger partial charge in [0, 0.05) is 18.2 Å². The first-order valence-corrected chi connectivity index (χ1v) is 7.11. The molecule has 6 nitrogen and oxygen atoms in total. The molecular weight excluding hydrogens is 276 g/mol. The van der Waals surface area contributed by atoms with Gasteiger partial charge in [-0.15, -0.1) is 10.2 Å². The number of nitro benzene ring substituents is 1. The maximum absolute atomic E-state index is 11.2. The lowest BCUT2D eigenvalue weighted by atomic mass is 10.1. The highest BCUT2D eigenvalue weighted by Gasteiger charge is 2.21. The van der Waals surface area contributed by atoms with Crippen LogP contribution in [0.5, 0.6) is 0 Å². The molecule has 7 heteroatoms. The normalized spacial score (nSPS) is 11.0. The Morgan fingerprint density at radius 1 is 1.40 bits per heavy atom. The summed E-state index contributed by atoms with van der Waals surface area (Å²) in [6, 6.07) is 5.59. The number of para-hydroxylation sites is 1. The quantitative estimate of drug-likeness (QED) is 0.677. The first kappa shape index (κ1) is 14.5. The van der Waals surface area contributed by atoms with Crippen molar-refractivity contribution in [2.45, 2.75) is 33.4 Å². The van der Waals surface area contributed by atoms with Gasteiger partial charge in [0.15, 0.2) is 5.01 Å². The van der Waals surface area contributed by atoms with E-state index < -0.39 is 0 Å². The molecule has 106 valence electrons. The van der Waals surface area contributed by atoms with Crippen LogP contribution < -0.4 is 5.32 Å². The molecule has 0 fully saturated rings. The molecule has 2 aromatic rings. The molecule has 0 aliphatic rings. The average molecular weight is 292 g/mol. The zero-order valence-electron chi connectivity index (χ0n) is 11.6. The number of benzene rings is 1. The lowest BCUT2D eigenvalue weighted by molar-refractivity contribution is -0.384. The number of nitrogens with zero attached hydrogens (tertiary/aromatic N) is 3.